The molecule has 0 atom stereocenters. The third-order valence-corrected chi connectivity index (χ3v) is 6.52. The zero-order valence-electron chi connectivity index (χ0n) is 19.5. The zero-order chi connectivity index (χ0) is 27.0. The zero-order valence-corrected chi connectivity index (χ0v) is 21.0. The van der Waals surface area contributed by atoms with E-state index in [9.17, 15) is 22.8 Å². The highest BCUT2D eigenvalue weighted by atomic mass is 35.5. The highest BCUT2D eigenvalue weighted by Crippen LogP contribution is 2.37. The van der Waals surface area contributed by atoms with Crippen LogP contribution in [0.3, 0.4) is 0 Å². The topological polar surface area (TPSA) is 116 Å². The number of aryl methyl sites for hydroxylation is 1. The Bertz CT molecular complexity index is 1660. The highest BCUT2D eigenvalue weighted by Gasteiger charge is 2.32. The molecular formula is C24H16ClF3N6O3S. The average molecular weight is 561 g/mol. The molecule has 0 saturated heterocycles. The molecule has 38 heavy (non-hydrogen) atoms. The maximum absolute atomic E-state index is 13.5. The summed E-state index contributed by atoms with van der Waals surface area (Å²) in [7, 11) is 0. The van der Waals surface area contributed by atoms with Gasteiger partial charge in [0.05, 0.1) is 11.1 Å². The van der Waals surface area contributed by atoms with Gasteiger partial charge in [-0.3, -0.25) is 14.9 Å². The number of carbonyl (C=O) groups excluding carboxylic acids is 1. The van der Waals surface area contributed by atoms with Gasteiger partial charge in [0.25, 0.3) is 11.5 Å². The van der Waals surface area contributed by atoms with Gasteiger partial charge in [-0.15, -0.1) is 20.4 Å². The number of hydrogen-bond donors (Lipinski definition) is 1. The van der Waals surface area contributed by atoms with Gasteiger partial charge in [0.2, 0.25) is 16.9 Å². The Labute approximate surface area is 221 Å². The van der Waals surface area contributed by atoms with Crippen LogP contribution in [0.1, 0.15) is 45.6 Å². The van der Waals surface area contributed by atoms with Crippen LogP contribution in [0.25, 0.3) is 11.1 Å². The van der Waals surface area contributed by atoms with E-state index >= 15 is 0 Å². The molecule has 0 aliphatic heterocycles. The summed E-state index contributed by atoms with van der Waals surface area (Å²) in [5.74, 6) is 5.85. The minimum Gasteiger partial charge on any atom is -0.424 e. The molecule has 1 fully saturated rings. The number of nitrogens with zero attached hydrogens (tertiary/aromatic N) is 5. The van der Waals surface area contributed by atoms with Crippen LogP contribution < -0.4 is 10.9 Å². The number of anilines is 1. The van der Waals surface area contributed by atoms with Crippen LogP contribution in [0.2, 0.25) is 5.02 Å². The van der Waals surface area contributed by atoms with Gasteiger partial charge in [0, 0.05) is 41.3 Å². The van der Waals surface area contributed by atoms with Gasteiger partial charge >= 0.3 is 6.18 Å². The second-order valence-electron chi connectivity index (χ2n) is 8.38. The molecule has 5 rings (SSSR count). The number of alkyl halides is 3. The average Bonchev–Trinajstić information content (AvgIpc) is 3.44. The third kappa shape index (κ3) is 5.76. The summed E-state index contributed by atoms with van der Waals surface area (Å²) < 4.78 is 46.9. The van der Waals surface area contributed by atoms with E-state index in [4.69, 9.17) is 16.0 Å². The fourth-order valence-electron chi connectivity index (χ4n) is 3.43. The van der Waals surface area contributed by atoms with Crippen molar-refractivity contribution in [3.8, 4) is 23.0 Å². The lowest BCUT2D eigenvalue weighted by molar-refractivity contribution is -0.137. The Hall–Kier alpha value is -4.02. The first-order chi connectivity index (χ1) is 18.1. The summed E-state index contributed by atoms with van der Waals surface area (Å²) >= 11 is 7.31. The van der Waals surface area contributed by atoms with Gasteiger partial charge in [0.1, 0.15) is 6.54 Å². The normalized spacial score (nSPS) is 13.2. The summed E-state index contributed by atoms with van der Waals surface area (Å²) in [6, 6.07) is 3.72. The fourth-order valence-corrected chi connectivity index (χ4v) is 4.25. The van der Waals surface area contributed by atoms with Crippen LogP contribution >= 0.6 is 22.9 Å². The Morgan fingerprint density at radius 1 is 1.21 bits per heavy atom. The van der Waals surface area contributed by atoms with Crippen molar-refractivity contribution in [3.63, 3.8) is 0 Å². The molecule has 3 heterocycles. The molecule has 9 nitrogen and oxygen atoms in total. The summed E-state index contributed by atoms with van der Waals surface area (Å²) in [5.41, 5.74) is -1.94. The van der Waals surface area contributed by atoms with Crippen molar-refractivity contribution in [1.29, 1.82) is 0 Å². The first-order valence-corrected chi connectivity index (χ1v) is 12.3. The molecule has 1 amide bonds. The van der Waals surface area contributed by atoms with E-state index in [1.807, 2.05) is 0 Å². The molecule has 3 aromatic heterocycles. The van der Waals surface area contributed by atoms with E-state index < -0.39 is 23.2 Å². The van der Waals surface area contributed by atoms with Gasteiger partial charge in [-0.1, -0.05) is 28.9 Å². The predicted molar refractivity (Wildman–Crippen MR) is 132 cm³/mol. The number of nitrogens with one attached hydrogen (secondary N) is 1. The molecule has 14 heteroatoms. The van der Waals surface area contributed by atoms with Gasteiger partial charge in [-0.25, -0.2) is 0 Å². The number of carbonyl (C=O) groups is 1. The Morgan fingerprint density at radius 3 is 2.68 bits per heavy atom. The molecule has 0 unspecified atom stereocenters. The highest BCUT2D eigenvalue weighted by molar-refractivity contribution is 7.15. The molecule has 1 aliphatic carbocycles. The number of amides is 1. The molecule has 0 radical (unpaired) electrons. The molecule has 4 aromatic rings. The monoisotopic (exact) mass is 560 g/mol. The largest absolute Gasteiger partial charge is 0.424 e. The van der Waals surface area contributed by atoms with E-state index in [0.717, 1.165) is 53.0 Å². The van der Waals surface area contributed by atoms with Gasteiger partial charge in [-0.2, -0.15) is 13.2 Å². The van der Waals surface area contributed by atoms with Gasteiger partial charge in [0.15, 0.2) is 5.01 Å². The number of pyridine rings is 1. The lowest BCUT2D eigenvalue weighted by Crippen LogP contribution is -2.24. The number of rotatable bonds is 5. The maximum atomic E-state index is 13.5. The van der Waals surface area contributed by atoms with Crippen LogP contribution in [-0.4, -0.2) is 30.9 Å². The van der Waals surface area contributed by atoms with Crippen LogP contribution in [0.15, 0.2) is 39.7 Å². The van der Waals surface area contributed by atoms with Crippen molar-refractivity contribution < 1.29 is 22.4 Å². The molecule has 1 N–H and O–H groups in total. The van der Waals surface area contributed by atoms with Crippen molar-refractivity contribution in [2.75, 3.05) is 5.32 Å². The van der Waals surface area contributed by atoms with Gasteiger partial charge < -0.3 is 8.98 Å². The van der Waals surface area contributed by atoms with E-state index in [1.54, 1.807) is 6.92 Å². The van der Waals surface area contributed by atoms with Crippen LogP contribution in [0, 0.1) is 24.7 Å². The van der Waals surface area contributed by atoms with E-state index in [0.29, 0.717) is 10.9 Å². The summed E-state index contributed by atoms with van der Waals surface area (Å²) in [6.07, 6.45) is -1.37. The standard InChI is InChI=1S/C24H16ClF3N6O3S/c1-12-30-31-19(37-12)11-34-10-17(15-8-14(24(26,27)28)5-6-18(15)25)16(9-21(34)35)22(36)29-23-33-32-20(38-23)7-4-13-2-3-13/h5-6,8-10,13H,2-3,11H2,1H3,(H,29,33,36). The molecule has 1 aromatic carbocycles. The van der Waals surface area contributed by atoms with E-state index in [1.165, 1.54) is 6.20 Å². The minimum absolute atomic E-state index is 0.0206. The molecular weight excluding hydrogens is 545 g/mol. The fraction of sp³-hybridized carbons (Fsp3) is 0.250. The van der Waals surface area contributed by atoms with Crippen molar-refractivity contribution in [2.45, 2.75) is 32.5 Å². The summed E-state index contributed by atoms with van der Waals surface area (Å²) in [5, 5.41) is 18.4. The maximum Gasteiger partial charge on any atom is 0.416 e. The molecule has 0 bridgehead atoms. The minimum atomic E-state index is -4.66. The van der Waals surface area contributed by atoms with Crippen LogP contribution in [0.4, 0.5) is 18.3 Å². The summed E-state index contributed by atoms with van der Waals surface area (Å²) in [6.45, 7) is 1.39. The second-order valence-corrected chi connectivity index (χ2v) is 9.77. The molecule has 194 valence electrons. The lowest BCUT2D eigenvalue weighted by atomic mass is 9.99. The van der Waals surface area contributed by atoms with Crippen LogP contribution in [-0.2, 0) is 12.7 Å². The number of halogens is 4. The first kappa shape index (κ1) is 25.6. The van der Waals surface area contributed by atoms with Crippen molar-refractivity contribution >= 4 is 34.0 Å². The number of hydrogen-bond acceptors (Lipinski definition) is 8. The number of benzene rings is 1. The van der Waals surface area contributed by atoms with Crippen LogP contribution in [0.5, 0.6) is 0 Å². The molecule has 0 spiro atoms. The van der Waals surface area contributed by atoms with Crippen molar-refractivity contribution in [2.24, 2.45) is 5.92 Å². The van der Waals surface area contributed by atoms with Gasteiger partial charge in [-0.05, 0) is 37.0 Å². The molecule has 1 aliphatic rings. The van der Waals surface area contributed by atoms with Crippen molar-refractivity contribution in [1.82, 2.24) is 25.0 Å². The Morgan fingerprint density at radius 2 is 2.00 bits per heavy atom. The lowest BCUT2D eigenvalue weighted by Gasteiger charge is -2.15. The quantitative estimate of drug-likeness (QED) is 0.349. The molecule has 1 saturated carbocycles. The Balaban J connectivity index is 1.55. The van der Waals surface area contributed by atoms with Crippen molar-refractivity contribution in [3.05, 3.63) is 73.8 Å². The first-order valence-electron chi connectivity index (χ1n) is 11.1. The number of aromatic nitrogens is 5. The second kappa shape index (κ2) is 10.0. The van der Waals surface area contributed by atoms with E-state index in [2.05, 4.69) is 37.6 Å². The third-order valence-electron chi connectivity index (χ3n) is 5.43. The smallest absolute Gasteiger partial charge is 0.416 e. The Kier molecular flexibility index (Phi) is 6.77. The SMILES string of the molecule is Cc1nnc(Cn2cc(-c3cc(C(F)(F)F)ccc3Cl)c(C(=O)Nc3nnc(C#CC4CC4)s3)cc2=O)o1. The predicted octanol–water partition coefficient (Wildman–Crippen LogP) is 4.79. The van der Waals surface area contributed by atoms with E-state index in [-0.39, 0.29) is 45.2 Å². The summed E-state index contributed by atoms with van der Waals surface area (Å²) in [4.78, 5) is 26.1.